The van der Waals surface area contributed by atoms with E-state index in [1.165, 1.54) is 0 Å². The van der Waals surface area contributed by atoms with Gasteiger partial charge in [0.2, 0.25) is 0 Å². The van der Waals surface area contributed by atoms with Crippen molar-refractivity contribution >= 4 is 21.9 Å². The second-order valence-corrected chi connectivity index (χ2v) is 3.54. The predicted octanol–water partition coefficient (Wildman–Crippen LogP) is 1.41. The second kappa shape index (κ2) is 5.07. The van der Waals surface area contributed by atoms with E-state index in [-0.39, 0.29) is 0 Å². The molecule has 76 valence electrons. The standard InChI is InChI=1S/C9H11BrN2O2/c1-2-14-9(13)8(11)7-5-6(10)3-4-12-7/h3-5,8H,2,11H2,1H3. The van der Waals surface area contributed by atoms with Crippen LogP contribution < -0.4 is 5.73 Å². The summed E-state index contributed by atoms with van der Waals surface area (Å²) in [7, 11) is 0. The molecule has 1 aromatic heterocycles. The van der Waals surface area contributed by atoms with Crippen LogP contribution >= 0.6 is 15.9 Å². The zero-order valence-electron chi connectivity index (χ0n) is 7.74. The summed E-state index contributed by atoms with van der Waals surface area (Å²) in [5.41, 5.74) is 6.13. The van der Waals surface area contributed by atoms with Gasteiger partial charge in [-0.25, -0.2) is 4.79 Å². The molecule has 0 aromatic carbocycles. The maximum absolute atomic E-state index is 11.3. The molecule has 4 nitrogen and oxygen atoms in total. The van der Waals surface area contributed by atoms with Gasteiger partial charge in [0, 0.05) is 10.7 Å². The van der Waals surface area contributed by atoms with Gasteiger partial charge in [-0.1, -0.05) is 15.9 Å². The van der Waals surface area contributed by atoms with E-state index in [9.17, 15) is 4.79 Å². The number of carbonyl (C=O) groups is 1. The fraction of sp³-hybridized carbons (Fsp3) is 0.333. The van der Waals surface area contributed by atoms with Crippen LogP contribution in [0, 0.1) is 0 Å². The van der Waals surface area contributed by atoms with Crippen LogP contribution in [-0.4, -0.2) is 17.6 Å². The molecule has 0 radical (unpaired) electrons. The largest absolute Gasteiger partial charge is 0.465 e. The molecule has 0 saturated heterocycles. The first-order chi connectivity index (χ1) is 6.65. The van der Waals surface area contributed by atoms with Crippen molar-refractivity contribution < 1.29 is 9.53 Å². The summed E-state index contributed by atoms with van der Waals surface area (Å²) in [5.74, 6) is -0.460. The van der Waals surface area contributed by atoms with Gasteiger partial charge in [0.05, 0.1) is 12.3 Å². The van der Waals surface area contributed by atoms with Gasteiger partial charge in [0.25, 0.3) is 0 Å². The van der Waals surface area contributed by atoms with Crippen LogP contribution in [0.5, 0.6) is 0 Å². The number of esters is 1. The summed E-state index contributed by atoms with van der Waals surface area (Å²) in [4.78, 5) is 15.2. The van der Waals surface area contributed by atoms with Gasteiger partial charge in [-0.05, 0) is 19.1 Å². The van der Waals surface area contributed by atoms with Gasteiger partial charge in [-0.3, -0.25) is 4.98 Å². The van der Waals surface area contributed by atoms with E-state index in [4.69, 9.17) is 10.5 Å². The average Bonchev–Trinajstić information content (AvgIpc) is 2.17. The normalized spacial score (nSPS) is 12.2. The number of hydrogen-bond donors (Lipinski definition) is 1. The highest BCUT2D eigenvalue weighted by molar-refractivity contribution is 9.10. The SMILES string of the molecule is CCOC(=O)C(N)c1cc(Br)ccn1. The molecule has 0 saturated carbocycles. The third-order valence-corrected chi connectivity index (χ3v) is 2.10. The van der Waals surface area contributed by atoms with Crippen molar-refractivity contribution in [3.63, 3.8) is 0 Å². The number of nitrogens with zero attached hydrogens (tertiary/aromatic N) is 1. The van der Waals surface area contributed by atoms with Gasteiger partial charge < -0.3 is 10.5 Å². The molecular formula is C9H11BrN2O2. The Balaban J connectivity index is 2.78. The van der Waals surface area contributed by atoms with Crippen molar-refractivity contribution in [3.8, 4) is 0 Å². The molecule has 1 rings (SSSR count). The van der Waals surface area contributed by atoms with Crippen molar-refractivity contribution in [2.45, 2.75) is 13.0 Å². The van der Waals surface area contributed by atoms with E-state index in [0.29, 0.717) is 12.3 Å². The first kappa shape index (κ1) is 11.1. The number of pyridine rings is 1. The van der Waals surface area contributed by atoms with Crippen LogP contribution in [0.15, 0.2) is 22.8 Å². The molecule has 0 aliphatic carbocycles. The minimum absolute atomic E-state index is 0.320. The predicted molar refractivity (Wildman–Crippen MR) is 55.5 cm³/mol. The zero-order valence-corrected chi connectivity index (χ0v) is 9.32. The number of hydrogen-bond acceptors (Lipinski definition) is 4. The molecular weight excluding hydrogens is 248 g/mol. The lowest BCUT2D eigenvalue weighted by atomic mass is 10.2. The fourth-order valence-electron chi connectivity index (χ4n) is 0.944. The van der Waals surface area contributed by atoms with Gasteiger partial charge >= 0.3 is 5.97 Å². The number of ether oxygens (including phenoxy) is 1. The summed E-state index contributed by atoms with van der Waals surface area (Å²) in [6, 6.07) is 2.65. The quantitative estimate of drug-likeness (QED) is 0.833. The first-order valence-corrected chi connectivity index (χ1v) is 4.98. The van der Waals surface area contributed by atoms with E-state index >= 15 is 0 Å². The number of rotatable bonds is 3. The molecule has 1 unspecified atom stereocenters. The van der Waals surface area contributed by atoms with E-state index < -0.39 is 12.0 Å². The van der Waals surface area contributed by atoms with Crippen molar-refractivity contribution in [3.05, 3.63) is 28.5 Å². The van der Waals surface area contributed by atoms with Crippen molar-refractivity contribution in [2.24, 2.45) is 5.73 Å². The first-order valence-electron chi connectivity index (χ1n) is 4.18. The Hall–Kier alpha value is -0.940. The number of aromatic nitrogens is 1. The zero-order chi connectivity index (χ0) is 10.6. The lowest BCUT2D eigenvalue weighted by Gasteiger charge is -2.09. The molecule has 0 fully saturated rings. The molecule has 0 spiro atoms. The average molecular weight is 259 g/mol. The van der Waals surface area contributed by atoms with Crippen LogP contribution in [-0.2, 0) is 9.53 Å². The van der Waals surface area contributed by atoms with E-state index in [0.717, 1.165) is 4.47 Å². The molecule has 2 N–H and O–H groups in total. The summed E-state index contributed by atoms with van der Waals surface area (Å²) in [6.45, 7) is 2.06. The Morgan fingerprint density at radius 3 is 3.07 bits per heavy atom. The highest BCUT2D eigenvalue weighted by Crippen LogP contribution is 2.14. The minimum Gasteiger partial charge on any atom is -0.465 e. The topological polar surface area (TPSA) is 65.2 Å². The van der Waals surface area contributed by atoms with Crippen LogP contribution in [0.4, 0.5) is 0 Å². The third-order valence-electron chi connectivity index (χ3n) is 1.60. The maximum atomic E-state index is 11.3. The number of carbonyl (C=O) groups excluding carboxylic acids is 1. The van der Waals surface area contributed by atoms with Crippen LogP contribution in [0.3, 0.4) is 0 Å². The van der Waals surface area contributed by atoms with Crippen LogP contribution in [0.25, 0.3) is 0 Å². The van der Waals surface area contributed by atoms with Gasteiger partial charge in [0.15, 0.2) is 0 Å². The molecule has 1 aromatic rings. The molecule has 14 heavy (non-hydrogen) atoms. The highest BCUT2D eigenvalue weighted by atomic mass is 79.9. The molecule has 5 heteroatoms. The fourth-order valence-corrected chi connectivity index (χ4v) is 1.30. The van der Waals surface area contributed by atoms with Crippen molar-refractivity contribution in [1.29, 1.82) is 0 Å². The van der Waals surface area contributed by atoms with Crippen LogP contribution in [0.2, 0.25) is 0 Å². The monoisotopic (exact) mass is 258 g/mol. The lowest BCUT2D eigenvalue weighted by molar-refractivity contribution is -0.144. The number of nitrogens with two attached hydrogens (primary N) is 1. The number of halogens is 1. The smallest absolute Gasteiger partial charge is 0.329 e. The summed E-state index contributed by atoms with van der Waals surface area (Å²) in [5, 5.41) is 0. The summed E-state index contributed by atoms with van der Waals surface area (Å²) >= 11 is 3.27. The van der Waals surface area contributed by atoms with E-state index in [2.05, 4.69) is 20.9 Å². The van der Waals surface area contributed by atoms with Crippen molar-refractivity contribution in [2.75, 3.05) is 6.61 Å². The molecule has 1 atom stereocenters. The van der Waals surface area contributed by atoms with Gasteiger partial charge in [0.1, 0.15) is 6.04 Å². The summed E-state index contributed by atoms with van der Waals surface area (Å²) < 4.78 is 5.61. The van der Waals surface area contributed by atoms with Gasteiger partial charge in [-0.2, -0.15) is 0 Å². The van der Waals surface area contributed by atoms with E-state index in [1.54, 1.807) is 25.3 Å². The third kappa shape index (κ3) is 2.78. The van der Waals surface area contributed by atoms with E-state index in [1.807, 2.05) is 0 Å². The molecule has 0 amide bonds. The summed E-state index contributed by atoms with van der Waals surface area (Å²) in [6.07, 6.45) is 1.58. The molecule has 1 heterocycles. The molecule has 0 aliphatic rings. The minimum atomic E-state index is -0.813. The van der Waals surface area contributed by atoms with Crippen LogP contribution in [0.1, 0.15) is 18.7 Å². The lowest BCUT2D eigenvalue weighted by Crippen LogP contribution is -2.24. The Bertz CT molecular complexity index is 330. The van der Waals surface area contributed by atoms with Crippen molar-refractivity contribution in [1.82, 2.24) is 4.98 Å². The van der Waals surface area contributed by atoms with Gasteiger partial charge in [-0.15, -0.1) is 0 Å². The maximum Gasteiger partial charge on any atom is 0.329 e. The Morgan fingerprint density at radius 2 is 2.50 bits per heavy atom. The Kier molecular flexibility index (Phi) is 4.03. The highest BCUT2D eigenvalue weighted by Gasteiger charge is 2.18. The Morgan fingerprint density at radius 1 is 1.79 bits per heavy atom. The Labute approximate surface area is 90.6 Å². The molecule has 0 aliphatic heterocycles. The second-order valence-electron chi connectivity index (χ2n) is 2.63. The molecule has 0 bridgehead atoms.